The predicted octanol–water partition coefficient (Wildman–Crippen LogP) is 2.35. The molecule has 2 aliphatic heterocycles. The van der Waals surface area contributed by atoms with Gasteiger partial charge < -0.3 is 19.5 Å². The Morgan fingerprint density at radius 1 is 1.07 bits per heavy atom. The molecule has 0 radical (unpaired) electrons. The Morgan fingerprint density at radius 3 is 2.66 bits per heavy atom. The summed E-state index contributed by atoms with van der Waals surface area (Å²) in [5.74, 6) is 0.643. The van der Waals surface area contributed by atoms with Gasteiger partial charge in [0.1, 0.15) is 18.5 Å². The van der Waals surface area contributed by atoms with Gasteiger partial charge in [-0.1, -0.05) is 30.3 Å². The van der Waals surface area contributed by atoms with Crippen LogP contribution in [0.4, 0.5) is 5.69 Å². The summed E-state index contributed by atoms with van der Waals surface area (Å²) in [6.45, 7) is 4.49. The van der Waals surface area contributed by atoms with E-state index in [2.05, 4.69) is 11.0 Å². The van der Waals surface area contributed by atoms with Crippen LogP contribution >= 0.6 is 0 Å². The minimum absolute atomic E-state index is 0.0172. The number of aliphatic hydroxyl groups excluding tert-OH is 1. The molecule has 29 heavy (non-hydrogen) atoms. The molecule has 0 bridgehead atoms. The van der Waals surface area contributed by atoms with Crippen LogP contribution in [0, 0.1) is 0 Å². The highest BCUT2D eigenvalue weighted by Gasteiger charge is 2.27. The number of aryl methyl sites for hydroxylation is 1. The molecule has 2 aromatic rings. The molecule has 1 amide bonds. The van der Waals surface area contributed by atoms with Crippen molar-refractivity contribution < 1.29 is 19.4 Å². The van der Waals surface area contributed by atoms with Gasteiger partial charge in [-0.2, -0.15) is 0 Å². The van der Waals surface area contributed by atoms with Crippen molar-refractivity contribution in [1.29, 1.82) is 0 Å². The third-order valence-electron chi connectivity index (χ3n) is 5.45. The summed E-state index contributed by atoms with van der Waals surface area (Å²) in [7, 11) is 0. The second kappa shape index (κ2) is 9.39. The first-order valence-corrected chi connectivity index (χ1v) is 10.3. The molecule has 1 fully saturated rings. The largest absolute Gasteiger partial charge is 0.489 e. The van der Waals surface area contributed by atoms with Crippen LogP contribution in [0.15, 0.2) is 48.5 Å². The van der Waals surface area contributed by atoms with Crippen molar-refractivity contribution in [1.82, 2.24) is 4.90 Å². The number of morpholine rings is 1. The lowest BCUT2D eigenvalue weighted by molar-refractivity contribution is 0.00469. The number of amides is 1. The fourth-order valence-corrected chi connectivity index (χ4v) is 3.99. The quantitative estimate of drug-likeness (QED) is 0.812. The van der Waals surface area contributed by atoms with E-state index in [4.69, 9.17) is 9.47 Å². The number of rotatable bonds is 6. The Hall–Kier alpha value is -2.41. The molecule has 0 aliphatic carbocycles. The first-order valence-electron chi connectivity index (χ1n) is 10.3. The van der Waals surface area contributed by atoms with Gasteiger partial charge in [-0.25, -0.2) is 0 Å². The van der Waals surface area contributed by atoms with E-state index >= 15 is 0 Å². The van der Waals surface area contributed by atoms with E-state index in [0.717, 1.165) is 37.2 Å². The molecule has 4 rings (SSSR count). The van der Waals surface area contributed by atoms with Crippen LogP contribution in [0.1, 0.15) is 22.3 Å². The zero-order chi connectivity index (χ0) is 20.1. The molecule has 1 saturated heterocycles. The molecule has 6 heteroatoms. The molecule has 0 spiro atoms. The summed E-state index contributed by atoms with van der Waals surface area (Å²) in [5, 5.41) is 10.4. The van der Waals surface area contributed by atoms with Gasteiger partial charge >= 0.3 is 0 Å². The summed E-state index contributed by atoms with van der Waals surface area (Å²) in [4.78, 5) is 17.1. The van der Waals surface area contributed by atoms with Crippen LogP contribution in [0.2, 0.25) is 0 Å². The van der Waals surface area contributed by atoms with Gasteiger partial charge in [0.05, 0.1) is 18.9 Å². The molecule has 2 aliphatic rings. The van der Waals surface area contributed by atoms with Crippen LogP contribution in [-0.4, -0.2) is 68.0 Å². The molecule has 6 nitrogen and oxygen atoms in total. The number of para-hydroxylation sites is 1. The molecule has 2 aromatic carbocycles. The summed E-state index contributed by atoms with van der Waals surface area (Å²) in [6, 6.07) is 15.2. The molecule has 1 atom stereocenters. The fraction of sp³-hybridized carbons (Fsp3) is 0.435. The highest BCUT2D eigenvalue weighted by Crippen LogP contribution is 2.37. The second-order valence-corrected chi connectivity index (χ2v) is 7.57. The van der Waals surface area contributed by atoms with Crippen molar-refractivity contribution in [3.05, 3.63) is 59.7 Å². The van der Waals surface area contributed by atoms with E-state index in [-0.39, 0.29) is 12.5 Å². The Bertz CT molecular complexity index is 821. The molecule has 1 unspecified atom stereocenters. The molecule has 2 heterocycles. The number of nitrogens with zero attached hydrogens (tertiary/aromatic N) is 2. The molecule has 0 saturated carbocycles. The van der Waals surface area contributed by atoms with Crippen LogP contribution < -0.4 is 9.64 Å². The van der Waals surface area contributed by atoms with Crippen molar-refractivity contribution in [2.45, 2.75) is 18.9 Å². The average Bonchev–Trinajstić information content (AvgIpc) is 2.78. The van der Waals surface area contributed by atoms with Gasteiger partial charge in [0.15, 0.2) is 0 Å². The van der Waals surface area contributed by atoms with Crippen molar-refractivity contribution in [2.75, 3.05) is 50.9 Å². The Kier molecular flexibility index (Phi) is 6.44. The maximum atomic E-state index is 13.1. The van der Waals surface area contributed by atoms with E-state index < -0.39 is 6.10 Å². The maximum absolute atomic E-state index is 13.1. The number of carbonyl (C=O) groups is 1. The van der Waals surface area contributed by atoms with Crippen LogP contribution in [0.25, 0.3) is 0 Å². The lowest BCUT2D eigenvalue weighted by Crippen LogP contribution is -2.42. The fourth-order valence-electron chi connectivity index (χ4n) is 3.99. The lowest BCUT2D eigenvalue weighted by atomic mass is 10.00. The van der Waals surface area contributed by atoms with E-state index in [0.29, 0.717) is 37.6 Å². The standard InChI is InChI=1S/C23H28N2O4/c26-20(16-24-12-14-28-15-13-24)17-29-21-10-4-8-18-9-5-11-25(22(18)21)23(27)19-6-2-1-3-7-19/h1-4,6-8,10,20,26H,5,9,11-17H2. The molecular weight excluding hydrogens is 368 g/mol. The number of carbonyl (C=O) groups excluding carboxylic acids is 1. The van der Waals surface area contributed by atoms with Crippen molar-refractivity contribution in [3.63, 3.8) is 0 Å². The third kappa shape index (κ3) is 4.78. The summed E-state index contributed by atoms with van der Waals surface area (Å²) in [6.07, 6.45) is 1.25. The second-order valence-electron chi connectivity index (χ2n) is 7.57. The maximum Gasteiger partial charge on any atom is 0.258 e. The van der Waals surface area contributed by atoms with Gasteiger partial charge in [0, 0.05) is 31.7 Å². The van der Waals surface area contributed by atoms with Gasteiger partial charge in [-0.15, -0.1) is 0 Å². The Balaban J connectivity index is 1.48. The van der Waals surface area contributed by atoms with Crippen LogP contribution in [-0.2, 0) is 11.2 Å². The highest BCUT2D eigenvalue weighted by molar-refractivity contribution is 6.07. The Labute approximate surface area is 171 Å². The molecule has 1 N–H and O–H groups in total. The van der Waals surface area contributed by atoms with E-state index in [1.807, 2.05) is 47.4 Å². The number of hydrogen-bond acceptors (Lipinski definition) is 5. The van der Waals surface area contributed by atoms with E-state index in [9.17, 15) is 9.90 Å². The summed E-state index contributed by atoms with van der Waals surface area (Å²) in [5.41, 5.74) is 2.62. The van der Waals surface area contributed by atoms with Gasteiger partial charge in [0.2, 0.25) is 0 Å². The van der Waals surface area contributed by atoms with Crippen LogP contribution in [0.3, 0.4) is 0 Å². The SMILES string of the molecule is O=C(c1ccccc1)N1CCCc2cccc(OCC(O)CN3CCOCC3)c21. The summed E-state index contributed by atoms with van der Waals surface area (Å²) >= 11 is 0. The van der Waals surface area contributed by atoms with Crippen molar-refractivity contribution in [2.24, 2.45) is 0 Å². The minimum atomic E-state index is -0.592. The van der Waals surface area contributed by atoms with Gasteiger partial charge in [-0.05, 0) is 36.6 Å². The lowest BCUT2D eigenvalue weighted by Gasteiger charge is -2.32. The number of anilines is 1. The highest BCUT2D eigenvalue weighted by atomic mass is 16.5. The monoisotopic (exact) mass is 396 g/mol. The van der Waals surface area contributed by atoms with Crippen molar-refractivity contribution in [3.8, 4) is 5.75 Å². The summed E-state index contributed by atoms with van der Waals surface area (Å²) < 4.78 is 11.4. The number of benzene rings is 2. The predicted molar refractivity (Wildman–Crippen MR) is 112 cm³/mol. The number of β-amino-alcohol motifs (C(OH)–C–C–N with tert-alkyl or cyclic N) is 1. The van der Waals surface area contributed by atoms with E-state index in [1.54, 1.807) is 0 Å². The topological polar surface area (TPSA) is 62.2 Å². The number of fused-ring (bicyclic) bond motifs is 1. The Morgan fingerprint density at radius 2 is 1.86 bits per heavy atom. The zero-order valence-electron chi connectivity index (χ0n) is 16.6. The average molecular weight is 396 g/mol. The smallest absolute Gasteiger partial charge is 0.258 e. The third-order valence-corrected chi connectivity index (χ3v) is 5.45. The normalized spacial score (nSPS) is 18.2. The van der Waals surface area contributed by atoms with Gasteiger partial charge in [0.25, 0.3) is 5.91 Å². The number of hydrogen-bond donors (Lipinski definition) is 1. The molecule has 0 aromatic heterocycles. The number of ether oxygens (including phenoxy) is 2. The first-order chi connectivity index (χ1) is 14.2. The minimum Gasteiger partial charge on any atom is -0.489 e. The zero-order valence-corrected chi connectivity index (χ0v) is 16.6. The van der Waals surface area contributed by atoms with Crippen LogP contribution in [0.5, 0.6) is 5.75 Å². The molecular formula is C23H28N2O4. The van der Waals surface area contributed by atoms with E-state index in [1.165, 1.54) is 0 Å². The van der Waals surface area contributed by atoms with Crippen molar-refractivity contribution >= 4 is 11.6 Å². The molecule has 154 valence electrons. The first kappa shape index (κ1) is 19.9. The van der Waals surface area contributed by atoms with Gasteiger partial charge in [-0.3, -0.25) is 9.69 Å². The number of aliphatic hydroxyl groups is 1.